The van der Waals surface area contributed by atoms with E-state index in [4.69, 9.17) is 4.74 Å². The first-order valence-corrected chi connectivity index (χ1v) is 9.91. The molecule has 1 amide bonds. The van der Waals surface area contributed by atoms with Crippen LogP contribution in [0.2, 0.25) is 0 Å². The molecule has 0 saturated carbocycles. The zero-order valence-electron chi connectivity index (χ0n) is 16.1. The summed E-state index contributed by atoms with van der Waals surface area (Å²) in [5, 5.41) is 2.96. The third kappa shape index (κ3) is 6.03. The van der Waals surface area contributed by atoms with Gasteiger partial charge < -0.3 is 15.0 Å². The number of carbonyl (C=O) groups is 2. The van der Waals surface area contributed by atoms with Gasteiger partial charge in [0.05, 0.1) is 12.9 Å². The molecule has 1 unspecified atom stereocenters. The SMILES string of the molecule is COC(=O)C(C)SCC(=O)N(c1ccc(Nc2ccccc2)cc1)C(C)C. The highest BCUT2D eigenvalue weighted by atomic mass is 32.2. The predicted molar refractivity (Wildman–Crippen MR) is 113 cm³/mol. The Kier molecular flexibility index (Phi) is 7.73. The molecule has 0 saturated heterocycles. The van der Waals surface area contributed by atoms with E-state index in [2.05, 4.69) is 5.32 Å². The lowest BCUT2D eigenvalue weighted by molar-refractivity contribution is -0.139. The number of anilines is 3. The topological polar surface area (TPSA) is 58.6 Å². The summed E-state index contributed by atoms with van der Waals surface area (Å²) < 4.78 is 4.71. The van der Waals surface area contributed by atoms with Gasteiger partial charge in [0.2, 0.25) is 5.91 Å². The van der Waals surface area contributed by atoms with Crippen LogP contribution in [0.3, 0.4) is 0 Å². The molecule has 2 rings (SSSR count). The molecule has 1 atom stereocenters. The number of ether oxygens (including phenoxy) is 1. The second-order valence-electron chi connectivity index (χ2n) is 6.37. The lowest BCUT2D eigenvalue weighted by atomic mass is 10.2. The highest BCUT2D eigenvalue weighted by Crippen LogP contribution is 2.24. The van der Waals surface area contributed by atoms with Crippen molar-refractivity contribution >= 4 is 40.7 Å². The van der Waals surface area contributed by atoms with Gasteiger partial charge >= 0.3 is 5.97 Å². The van der Waals surface area contributed by atoms with Crippen LogP contribution in [0.4, 0.5) is 17.1 Å². The van der Waals surface area contributed by atoms with Crippen LogP contribution >= 0.6 is 11.8 Å². The second kappa shape index (κ2) is 10.0. The van der Waals surface area contributed by atoms with Gasteiger partial charge in [-0.2, -0.15) is 0 Å². The highest BCUT2D eigenvalue weighted by Gasteiger charge is 2.22. The largest absolute Gasteiger partial charge is 0.468 e. The highest BCUT2D eigenvalue weighted by molar-refractivity contribution is 8.01. The summed E-state index contributed by atoms with van der Waals surface area (Å²) >= 11 is 1.28. The van der Waals surface area contributed by atoms with Crippen molar-refractivity contribution in [3.8, 4) is 0 Å². The fourth-order valence-corrected chi connectivity index (χ4v) is 3.39. The van der Waals surface area contributed by atoms with Crippen LogP contribution in [0.1, 0.15) is 20.8 Å². The summed E-state index contributed by atoms with van der Waals surface area (Å²) in [6, 6.07) is 17.7. The number of carbonyl (C=O) groups excluding carboxylic acids is 2. The number of esters is 1. The van der Waals surface area contributed by atoms with Crippen LogP contribution in [0.15, 0.2) is 54.6 Å². The standard InChI is InChI=1S/C21H26N2O3S/c1-15(2)23(20(24)14-27-16(3)21(25)26-4)19-12-10-18(11-13-19)22-17-8-6-5-7-9-17/h5-13,15-16,22H,14H2,1-4H3. The zero-order chi connectivity index (χ0) is 19.8. The molecule has 0 radical (unpaired) electrons. The minimum Gasteiger partial charge on any atom is -0.468 e. The first-order valence-electron chi connectivity index (χ1n) is 8.86. The molecular weight excluding hydrogens is 360 g/mol. The van der Waals surface area contributed by atoms with Crippen molar-refractivity contribution in [2.75, 3.05) is 23.1 Å². The van der Waals surface area contributed by atoms with Crippen molar-refractivity contribution < 1.29 is 14.3 Å². The number of nitrogens with one attached hydrogen (secondary N) is 1. The maximum absolute atomic E-state index is 12.7. The second-order valence-corrected chi connectivity index (χ2v) is 7.70. The fourth-order valence-electron chi connectivity index (χ4n) is 2.62. The lowest BCUT2D eigenvalue weighted by Gasteiger charge is -2.27. The quantitative estimate of drug-likeness (QED) is 0.679. The predicted octanol–water partition coefficient (Wildman–Crippen LogP) is 4.47. The Balaban J connectivity index is 2.05. The number of thioether (sulfide) groups is 1. The van der Waals surface area contributed by atoms with Crippen LogP contribution in [-0.4, -0.2) is 36.0 Å². The summed E-state index contributed by atoms with van der Waals surface area (Å²) in [4.78, 5) is 26.0. The molecule has 2 aromatic rings. The van der Waals surface area contributed by atoms with Crippen molar-refractivity contribution in [1.82, 2.24) is 0 Å². The fraction of sp³-hybridized carbons (Fsp3) is 0.333. The maximum Gasteiger partial charge on any atom is 0.318 e. The van der Waals surface area contributed by atoms with Crippen LogP contribution in [0.5, 0.6) is 0 Å². The van der Waals surface area contributed by atoms with E-state index < -0.39 is 0 Å². The Hall–Kier alpha value is -2.47. The first-order chi connectivity index (χ1) is 12.9. The van der Waals surface area contributed by atoms with E-state index in [1.54, 1.807) is 11.8 Å². The Labute approximate surface area is 165 Å². The van der Waals surface area contributed by atoms with Gasteiger partial charge in [-0.25, -0.2) is 0 Å². The van der Waals surface area contributed by atoms with Crippen LogP contribution in [0.25, 0.3) is 0 Å². The van der Waals surface area contributed by atoms with Crippen LogP contribution in [0, 0.1) is 0 Å². The number of nitrogens with zero attached hydrogens (tertiary/aromatic N) is 1. The average Bonchev–Trinajstić information content (AvgIpc) is 2.67. The Morgan fingerprint density at radius 2 is 1.59 bits per heavy atom. The molecule has 5 nitrogen and oxygen atoms in total. The van der Waals surface area contributed by atoms with Gasteiger partial charge in [0.25, 0.3) is 0 Å². The molecule has 6 heteroatoms. The van der Waals surface area contributed by atoms with Gasteiger partial charge in [-0.05, 0) is 57.2 Å². The van der Waals surface area contributed by atoms with Crippen LogP contribution < -0.4 is 10.2 Å². The molecule has 0 aromatic heterocycles. The number of hydrogen-bond acceptors (Lipinski definition) is 5. The van der Waals surface area contributed by atoms with E-state index in [1.807, 2.05) is 68.4 Å². The third-order valence-electron chi connectivity index (χ3n) is 3.98. The van der Waals surface area contributed by atoms with E-state index in [0.29, 0.717) is 0 Å². The van der Waals surface area contributed by atoms with Crippen molar-refractivity contribution in [2.24, 2.45) is 0 Å². The van der Waals surface area contributed by atoms with Crippen molar-refractivity contribution in [1.29, 1.82) is 0 Å². The Bertz CT molecular complexity index is 748. The summed E-state index contributed by atoms with van der Waals surface area (Å²) in [5.74, 6) is -0.131. The van der Waals surface area contributed by atoms with Gasteiger partial charge in [-0.3, -0.25) is 9.59 Å². The van der Waals surface area contributed by atoms with Gasteiger partial charge in [0.1, 0.15) is 5.25 Å². The van der Waals surface area contributed by atoms with E-state index >= 15 is 0 Å². The van der Waals surface area contributed by atoms with E-state index in [1.165, 1.54) is 18.9 Å². The number of methoxy groups -OCH3 is 1. The lowest BCUT2D eigenvalue weighted by Crippen LogP contribution is -2.38. The molecule has 0 bridgehead atoms. The van der Waals surface area contributed by atoms with E-state index in [0.717, 1.165) is 17.1 Å². The minimum absolute atomic E-state index is 0.0134. The van der Waals surface area contributed by atoms with Gasteiger partial charge in [-0.1, -0.05) is 18.2 Å². The van der Waals surface area contributed by atoms with Crippen LogP contribution in [-0.2, 0) is 14.3 Å². The summed E-state index contributed by atoms with van der Waals surface area (Å²) in [6.07, 6.45) is 0. The maximum atomic E-state index is 12.7. The molecule has 0 aliphatic carbocycles. The Morgan fingerprint density at radius 3 is 2.15 bits per heavy atom. The molecule has 0 heterocycles. The molecule has 1 N–H and O–H groups in total. The monoisotopic (exact) mass is 386 g/mol. The number of benzene rings is 2. The molecule has 0 aliphatic heterocycles. The van der Waals surface area contributed by atoms with Gasteiger partial charge in [0, 0.05) is 23.1 Å². The number of para-hydroxylation sites is 1. The average molecular weight is 387 g/mol. The zero-order valence-corrected chi connectivity index (χ0v) is 17.0. The van der Waals surface area contributed by atoms with Gasteiger partial charge in [-0.15, -0.1) is 11.8 Å². The van der Waals surface area contributed by atoms with Crippen molar-refractivity contribution in [3.05, 3.63) is 54.6 Å². The van der Waals surface area contributed by atoms with Crippen molar-refractivity contribution in [2.45, 2.75) is 32.1 Å². The molecule has 27 heavy (non-hydrogen) atoms. The molecule has 0 aliphatic rings. The summed E-state index contributed by atoms with van der Waals surface area (Å²) in [6.45, 7) is 5.69. The molecule has 0 spiro atoms. The van der Waals surface area contributed by atoms with E-state index in [-0.39, 0.29) is 28.9 Å². The third-order valence-corrected chi connectivity index (χ3v) is 5.09. The number of amides is 1. The molecule has 0 fully saturated rings. The van der Waals surface area contributed by atoms with Crippen molar-refractivity contribution in [3.63, 3.8) is 0 Å². The molecule has 2 aromatic carbocycles. The Morgan fingerprint density at radius 1 is 1.00 bits per heavy atom. The summed E-state index contributed by atoms with van der Waals surface area (Å²) in [7, 11) is 1.35. The minimum atomic E-state index is -0.370. The smallest absolute Gasteiger partial charge is 0.318 e. The number of rotatable bonds is 8. The van der Waals surface area contributed by atoms with E-state index in [9.17, 15) is 9.59 Å². The molecule has 144 valence electrons. The normalized spacial score (nSPS) is 11.7. The van der Waals surface area contributed by atoms with Gasteiger partial charge in [0.15, 0.2) is 0 Å². The first kappa shape index (κ1) is 20.8. The summed E-state index contributed by atoms with van der Waals surface area (Å²) in [5.41, 5.74) is 2.80. The number of hydrogen-bond donors (Lipinski definition) is 1. The molecular formula is C21H26N2O3S.